The van der Waals surface area contributed by atoms with Gasteiger partial charge in [-0.3, -0.25) is 4.79 Å². The molecule has 0 spiro atoms. The Morgan fingerprint density at radius 1 is 0.357 bits per heavy atom. The van der Waals surface area contributed by atoms with E-state index in [0.29, 0.717) is 31.4 Å². The number of unbranched alkanes of at least 4 members (excludes halogenated alkanes) is 10. The highest BCUT2D eigenvalue weighted by atomic mass is 127. The van der Waals surface area contributed by atoms with Crippen molar-refractivity contribution < 1.29 is 64.2 Å². The second-order valence-electron chi connectivity index (χ2n) is 19.7. The maximum absolute atomic E-state index is 9.64. The van der Waals surface area contributed by atoms with Gasteiger partial charge >= 0.3 is 0 Å². The van der Waals surface area contributed by atoms with Crippen molar-refractivity contribution in [3.05, 3.63) is 25.3 Å². The minimum Gasteiger partial charge on any atom is -1.00 e. The van der Waals surface area contributed by atoms with E-state index in [0.717, 1.165) is 64.0 Å². The third-order valence-electron chi connectivity index (χ3n) is 8.86. The summed E-state index contributed by atoms with van der Waals surface area (Å²) in [5.74, 6) is 14.5. The van der Waals surface area contributed by atoms with E-state index < -0.39 is 24.7 Å². The Kier molecular flexibility index (Phi) is 83.2. The molecule has 12 N–H and O–H groups in total. The molecule has 488 valence electrons. The number of aliphatic hydroxyl groups is 6. The Labute approximate surface area is 523 Å². The molecule has 0 aliphatic heterocycles. The van der Waals surface area contributed by atoms with Gasteiger partial charge in [-0.15, -0.1) is 13.2 Å². The first-order valence-electron chi connectivity index (χ1n) is 27.9. The number of hydrogen-bond donors (Lipinski definition) is 9. The summed E-state index contributed by atoms with van der Waals surface area (Å²) in [4.78, 5) is 19.1. The molecular formula is C59H116IN16O8-. The van der Waals surface area contributed by atoms with Gasteiger partial charge < -0.3 is 76.9 Å². The fraction of sp³-hybridized carbons (Fsp3) is 0.678. The predicted octanol–water partition coefficient (Wildman–Crippen LogP) is 7.93. The Morgan fingerprint density at radius 2 is 0.560 bits per heavy atom. The van der Waals surface area contributed by atoms with Gasteiger partial charge in [0.15, 0.2) is 18.4 Å². The zero-order valence-corrected chi connectivity index (χ0v) is 57.7. The van der Waals surface area contributed by atoms with Gasteiger partial charge in [0, 0.05) is 88.5 Å². The number of carbonyl (C=O) groups is 2. The number of nitrogens with two attached hydrogens (primary N) is 3. The molecule has 0 aromatic heterocycles. The molecule has 0 bridgehead atoms. The SMILES string of the molecule is C/C(C/C(C)=N/N)=N/N.C/C(C/C(C)=N/N=C(/C)C(O)O)=N/N.C=CCCCCCCC.C=CCCCCCCC.CC(=O)C(O)O.CC(C)=N/N=C(/C)C/C(C)=N/N=C(/C)C(O)O.CC(C)=N/N=C(/C)C/C(C)=N/N=C(C)C.CC(C)=O.[I-]. The molecule has 0 heterocycles. The average Bonchev–Trinajstić information content (AvgIpc) is 3.40. The normalized spacial score (nSPS) is 12.1. The summed E-state index contributed by atoms with van der Waals surface area (Å²) < 4.78 is 0. The van der Waals surface area contributed by atoms with Gasteiger partial charge in [-0.2, -0.15) is 66.3 Å². The van der Waals surface area contributed by atoms with Crippen molar-refractivity contribution in [2.45, 2.75) is 267 Å². The van der Waals surface area contributed by atoms with Gasteiger partial charge in [0.05, 0.1) is 11.4 Å². The van der Waals surface area contributed by atoms with Crippen LogP contribution >= 0.6 is 0 Å². The lowest BCUT2D eigenvalue weighted by atomic mass is 10.1. The molecule has 0 aliphatic rings. The Bertz CT molecular complexity index is 2040. The van der Waals surface area contributed by atoms with Gasteiger partial charge in [0.1, 0.15) is 5.78 Å². The fourth-order valence-corrected chi connectivity index (χ4v) is 4.57. The molecule has 0 aromatic carbocycles. The fourth-order valence-electron chi connectivity index (χ4n) is 4.57. The summed E-state index contributed by atoms with van der Waals surface area (Å²) in [7, 11) is 0. The van der Waals surface area contributed by atoms with Crippen molar-refractivity contribution in [2.75, 3.05) is 0 Å². The molecule has 0 atom stereocenters. The quantitative estimate of drug-likeness (QED) is 0.00688. The number of rotatable bonds is 28. The van der Waals surface area contributed by atoms with Crippen LogP contribution in [0.25, 0.3) is 0 Å². The van der Waals surface area contributed by atoms with Crippen LogP contribution in [-0.2, 0) is 9.59 Å². The van der Waals surface area contributed by atoms with E-state index in [1.165, 1.54) is 105 Å². The smallest absolute Gasteiger partial charge is 0.212 e. The second kappa shape index (κ2) is 71.7. The molecule has 0 rings (SSSR count). The third kappa shape index (κ3) is 102. The lowest BCUT2D eigenvalue weighted by Crippen LogP contribution is -3.00. The molecule has 0 fully saturated rings. The first-order valence-corrected chi connectivity index (χ1v) is 27.9. The van der Waals surface area contributed by atoms with Crippen LogP contribution in [0.2, 0.25) is 0 Å². The maximum atomic E-state index is 9.64. The monoisotopic (exact) mass is 1300 g/mol. The van der Waals surface area contributed by atoms with Crippen molar-refractivity contribution >= 4 is 85.8 Å². The van der Waals surface area contributed by atoms with Crippen molar-refractivity contribution in [3.8, 4) is 0 Å². The number of Topliss-reactive ketones (excluding diaryl/α,β-unsaturated/α-hetero) is 2. The van der Waals surface area contributed by atoms with Crippen molar-refractivity contribution in [3.63, 3.8) is 0 Å². The van der Waals surface area contributed by atoms with Crippen LogP contribution in [0.5, 0.6) is 0 Å². The van der Waals surface area contributed by atoms with E-state index in [9.17, 15) is 9.59 Å². The molecule has 0 aliphatic carbocycles. The molecule has 0 saturated carbocycles. The third-order valence-corrected chi connectivity index (χ3v) is 8.86. The number of hydrogen-bond acceptors (Lipinski definition) is 24. The van der Waals surface area contributed by atoms with Crippen molar-refractivity contribution in [1.82, 2.24) is 0 Å². The highest BCUT2D eigenvalue weighted by Crippen LogP contribution is 2.05. The summed E-state index contributed by atoms with van der Waals surface area (Å²) in [6.07, 6.45) is 17.7. The second-order valence-corrected chi connectivity index (χ2v) is 19.7. The molecule has 0 aromatic rings. The number of allylic oxidation sites excluding steroid dienone is 2. The lowest BCUT2D eigenvalue weighted by Gasteiger charge is -2.00. The Hall–Kier alpha value is -5.58. The number of nitrogens with zero attached hydrogens (tertiary/aromatic N) is 13. The average molecular weight is 1300 g/mol. The van der Waals surface area contributed by atoms with E-state index in [1.807, 2.05) is 88.3 Å². The van der Waals surface area contributed by atoms with Gasteiger partial charge in [0.25, 0.3) is 0 Å². The zero-order chi connectivity index (χ0) is 66.3. The van der Waals surface area contributed by atoms with Crippen LogP contribution in [0.15, 0.2) is 91.6 Å². The molecule has 24 nitrogen and oxygen atoms in total. The summed E-state index contributed by atoms with van der Waals surface area (Å²) in [5.41, 5.74) is 9.65. The summed E-state index contributed by atoms with van der Waals surface area (Å²) in [6.45, 7) is 45.1. The zero-order valence-electron chi connectivity index (χ0n) is 55.5. The first kappa shape index (κ1) is 97.5. The minimum absolute atomic E-state index is 0. The Morgan fingerprint density at radius 3 is 0.738 bits per heavy atom. The largest absolute Gasteiger partial charge is 1.00 e. The molecule has 0 saturated heterocycles. The molecule has 0 radical (unpaired) electrons. The van der Waals surface area contributed by atoms with E-state index in [2.05, 4.69) is 93.3 Å². The van der Waals surface area contributed by atoms with Crippen molar-refractivity contribution in [2.24, 2.45) is 83.8 Å². The van der Waals surface area contributed by atoms with E-state index in [1.54, 1.807) is 20.8 Å². The number of hydrazone groups is 3. The molecule has 25 heteroatoms. The number of aliphatic hydroxyl groups excluding tert-OH is 3. The molecule has 0 amide bonds. The standard InChI is InChI=1S/C11H20N4O2.C11H20N4.2C9H18.C8H16N4O2.C5H12N4.C3H6O3.C3H6O.HI/c1-7(2)12-13-8(3)6-9(4)14-15-10(5)11(16)17;1-8(2)12-14-10(5)7-11(6)15-13-9(3)4;2*1-3-5-7-9-8-6-4-2;1-5(10-9)4-6(2)11-12-7(3)8(13)14;1-4(8-6)3-5(2)9-7;1-2(4)3(5)6;1-3(2)4;/h11,16-17H,6H2,1-5H3;7H2,1-6H3;2*3H,1,4-9H2,2H3;8,13-14H,4,9H2,1-3H3;3,6-7H2,1-2H3;3,5-6H,1H3;1-2H3;1H/p-1/b13-8-,14-9+,15-10-;14-10-,15-11+;;;10-5-,11-6+,12-7-;8-4-,9-5+;;;. The number of halogens is 1. The summed E-state index contributed by atoms with van der Waals surface area (Å²) >= 11 is 0. The predicted molar refractivity (Wildman–Crippen MR) is 357 cm³/mol. The van der Waals surface area contributed by atoms with Gasteiger partial charge in [-0.25, -0.2) is 0 Å². The van der Waals surface area contributed by atoms with Crippen LogP contribution in [0.3, 0.4) is 0 Å². The first-order chi connectivity index (χ1) is 38.6. The Balaban J connectivity index is -0.000000112. The lowest BCUT2D eigenvalue weighted by molar-refractivity contribution is -0.142. The van der Waals surface area contributed by atoms with Crippen LogP contribution in [0.1, 0.15) is 248 Å². The van der Waals surface area contributed by atoms with Crippen LogP contribution in [-0.4, -0.2) is 135 Å². The van der Waals surface area contributed by atoms with E-state index in [-0.39, 0.29) is 41.2 Å². The molecular weight excluding hydrogens is 1190 g/mol. The molecule has 0 unspecified atom stereocenters. The van der Waals surface area contributed by atoms with Crippen LogP contribution < -0.4 is 41.5 Å². The summed E-state index contributed by atoms with van der Waals surface area (Å²) in [6, 6.07) is 0. The maximum Gasteiger partial charge on any atom is 0.212 e. The van der Waals surface area contributed by atoms with E-state index >= 15 is 0 Å². The van der Waals surface area contributed by atoms with Crippen molar-refractivity contribution in [1.29, 1.82) is 0 Å². The minimum atomic E-state index is -1.79. The highest BCUT2D eigenvalue weighted by Gasteiger charge is 2.03. The van der Waals surface area contributed by atoms with Gasteiger partial charge in [-0.1, -0.05) is 77.4 Å². The van der Waals surface area contributed by atoms with Crippen LogP contribution in [0.4, 0.5) is 0 Å². The highest BCUT2D eigenvalue weighted by molar-refractivity contribution is 6.04. The van der Waals surface area contributed by atoms with Gasteiger partial charge in [-0.05, 0) is 157 Å². The van der Waals surface area contributed by atoms with Gasteiger partial charge in [0.2, 0.25) is 6.29 Å². The number of ketones is 2. The summed E-state index contributed by atoms with van der Waals surface area (Å²) in [5, 5.41) is 100.0. The van der Waals surface area contributed by atoms with Crippen LogP contribution in [0, 0.1) is 0 Å². The van der Waals surface area contributed by atoms with E-state index in [4.69, 9.17) is 48.2 Å². The number of carbonyl (C=O) groups excluding carboxylic acids is 2. The topological polar surface area (TPSA) is 394 Å². The molecule has 84 heavy (non-hydrogen) atoms.